The molecule has 2 atom stereocenters. The fourth-order valence-electron chi connectivity index (χ4n) is 6.20. The molecule has 47 heavy (non-hydrogen) atoms. The molecule has 0 aliphatic carbocycles. The van der Waals surface area contributed by atoms with Crippen molar-refractivity contribution < 1.29 is 37.5 Å². The zero-order valence-corrected chi connectivity index (χ0v) is 27.7. The van der Waals surface area contributed by atoms with Crippen LogP contribution >= 0.6 is 18.9 Å². The number of alkyl halides is 2. The van der Waals surface area contributed by atoms with Gasteiger partial charge in [0.1, 0.15) is 12.1 Å². The van der Waals surface area contributed by atoms with Crippen LogP contribution in [0.2, 0.25) is 0 Å². The molecule has 3 N–H and O–H groups in total. The number of amides is 3. The van der Waals surface area contributed by atoms with Crippen molar-refractivity contribution in [1.29, 1.82) is 0 Å². The first-order valence-electron chi connectivity index (χ1n) is 15.1. The highest BCUT2D eigenvalue weighted by Crippen LogP contribution is 2.59. The van der Waals surface area contributed by atoms with E-state index in [2.05, 4.69) is 5.32 Å². The van der Waals surface area contributed by atoms with E-state index in [0.717, 1.165) is 45.7 Å². The summed E-state index contributed by atoms with van der Waals surface area (Å²) in [5.41, 5.74) is -2.01. The third-order valence-electron chi connectivity index (χ3n) is 8.81. The minimum atomic E-state index is -5.78. The molecule has 0 radical (unpaired) electrons. The molecular weight excluding hydrogens is 647 g/mol. The second kappa shape index (κ2) is 11.9. The van der Waals surface area contributed by atoms with Crippen LogP contribution in [0.1, 0.15) is 58.3 Å². The third kappa shape index (κ3) is 6.23. The predicted molar refractivity (Wildman–Crippen MR) is 174 cm³/mol. The Hall–Kier alpha value is -3.96. The molecule has 3 amide bonds. The number of carbonyl (C=O) groups excluding carboxylic acids is 3. The molecule has 13 heteroatoms. The molecule has 0 saturated heterocycles. The molecule has 4 aromatic rings. The molecule has 246 valence electrons. The minimum Gasteiger partial charge on any atom is -0.339 e. The first kappa shape index (κ1) is 33.0. The average molecular weight is 682 g/mol. The molecule has 0 spiro atoms. The van der Waals surface area contributed by atoms with Crippen LogP contribution in [-0.2, 0) is 45.9 Å². The van der Waals surface area contributed by atoms with Gasteiger partial charge < -0.3 is 24.9 Å². The lowest BCUT2D eigenvalue weighted by Gasteiger charge is -2.42. The van der Waals surface area contributed by atoms with Gasteiger partial charge in [0, 0.05) is 36.3 Å². The lowest BCUT2D eigenvalue weighted by molar-refractivity contribution is -0.150. The highest BCUT2D eigenvalue weighted by Gasteiger charge is 2.50. The number of benzene rings is 3. The minimum absolute atomic E-state index is 0.130. The molecule has 0 fully saturated rings. The zero-order chi connectivity index (χ0) is 33.9. The van der Waals surface area contributed by atoms with E-state index in [1.807, 2.05) is 69.3 Å². The van der Waals surface area contributed by atoms with Crippen molar-refractivity contribution in [2.45, 2.75) is 64.6 Å². The van der Waals surface area contributed by atoms with Gasteiger partial charge in [-0.25, -0.2) is 0 Å². The molecule has 9 nitrogen and oxygen atoms in total. The predicted octanol–water partition coefficient (Wildman–Crippen LogP) is 5.77. The number of rotatable bonds is 6. The maximum Gasteiger partial charge on any atom is 0.399 e. The van der Waals surface area contributed by atoms with Crippen LogP contribution < -0.4 is 5.32 Å². The Kier molecular flexibility index (Phi) is 8.37. The van der Waals surface area contributed by atoms with Gasteiger partial charge in [0.25, 0.3) is 5.91 Å². The van der Waals surface area contributed by atoms with Crippen LogP contribution in [0.3, 0.4) is 0 Å². The van der Waals surface area contributed by atoms with Gasteiger partial charge in [0.2, 0.25) is 11.8 Å². The van der Waals surface area contributed by atoms with Crippen LogP contribution in [0.15, 0.2) is 72.8 Å². The summed E-state index contributed by atoms with van der Waals surface area (Å²) in [6.07, 6.45) is 0.330. The number of hydrogen-bond donors (Lipinski definition) is 3. The second-order valence-corrected chi connectivity index (χ2v) is 15.9. The summed E-state index contributed by atoms with van der Waals surface area (Å²) in [6, 6.07) is 18.2. The summed E-state index contributed by atoms with van der Waals surface area (Å²) >= 11 is 1.00. The van der Waals surface area contributed by atoms with E-state index in [-0.39, 0.29) is 22.7 Å². The van der Waals surface area contributed by atoms with Gasteiger partial charge in [0.05, 0.1) is 4.88 Å². The summed E-state index contributed by atoms with van der Waals surface area (Å²) in [5.74, 6) is -1.20. The Morgan fingerprint density at radius 3 is 2.04 bits per heavy atom. The van der Waals surface area contributed by atoms with E-state index in [0.29, 0.717) is 24.2 Å². The van der Waals surface area contributed by atoms with Crippen LogP contribution in [0.4, 0.5) is 8.78 Å². The van der Waals surface area contributed by atoms with Crippen molar-refractivity contribution in [3.8, 4) is 0 Å². The number of thiophene rings is 1. The lowest BCUT2D eigenvalue weighted by Crippen LogP contribution is -2.60. The molecule has 2 unspecified atom stereocenters. The van der Waals surface area contributed by atoms with Gasteiger partial charge >= 0.3 is 13.3 Å². The SMILES string of the molecule is CC(C)(C)C(NC(=O)c1cc2cc(C(F)(F)P(=O)(O)O)ccc2s1)C(=O)N1Cc2ccccc2CC1C(=O)N1Cc2ccccc2C1. The van der Waals surface area contributed by atoms with Crippen molar-refractivity contribution in [1.82, 2.24) is 15.1 Å². The molecule has 3 heterocycles. The number of halogens is 2. The number of nitrogens with one attached hydrogen (secondary N) is 1. The van der Waals surface area contributed by atoms with Crippen molar-refractivity contribution in [3.63, 3.8) is 0 Å². The van der Waals surface area contributed by atoms with Crippen molar-refractivity contribution >= 4 is 46.7 Å². The highest BCUT2D eigenvalue weighted by molar-refractivity contribution is 7.52. The third-order valence-corrected chi connectivity index (χ3v) is 10.9. The quantitative estimate of drug-likeness (QED) is 0.222. The maximum absolute atomic E-state index is 14.5. The van der Waals surface area contributed by atoms with E-state index >= 15 is 0 Å². The molecule has 0 bridgehead atoms. The smallest absolute Gasteiger partial charge is 0.339 e. The van der Waals surface area contributed by atoms with Crippen molar-refractivity contribution in [3.05, 3.63) is 105 Å². The fraction of sp³-hybridized carbons (Fsp3) is 0.324. The van der Waals surface area contributed by atoms with Crippen LogP contribution in [0.25, 0.3) is 10.1 Å². The van der Waals surface area contributed by atoms with Crippen molar-refractivity contribution in [2.75, 3.05) is 0 Å². The first-order chi connectivity index (χ1) is 22.0. The van der Waals surface area contributed by atoms with Gasteiger partial charge in [-0.05, 0) is 51.3 Å². The zero-order valence-electron chi connectivity index (χ0n) is 25.9. The van der Waals surface area contributed by atoms with E-state index in [4.69, 9.17) is 9.79 Å². The molecular formula is C34H34F2N3O6PS. The topological polar surface area (TPSA) is 127 Å². The fourth-order valence-corrected chi connectivity index (χ4v) is 7.62. The molecule has 1 aromatic heterocycles. The summed E-state index contributed by atoms with van der Waals surface area (Å²) < 4.78 is 40.6. The standard InChI is InChI=1S/C34H34F2N3O6PS/c1-33(2,3)29(37-30(40)28-16-24-14-25(12-13-27(24)47-28)34(35,36)46(43,44)45)32(42)39-19-23-11-5-4-8-20(23)15-26(39)31(41)38-17-21-9-6-7-10-22(21)18-38/h4-14,16,26,29H,15,17-19H2,1-3H3,(H,37,40)(H2,43,44,45). The normalized spacial score (nSPS) is 17.3. The lowest BCUT2D eigenvalue weighted by atomic mass is 9.84. The molecule has 6 rings (SSSR count). The number of nitrogens with zero attached hydrogens (tertiary/aromatic N) is 2. The Morgan fingerprint density at radius 1 is 0.894 bits per heavy atom. The summed E-state index contributed by atoms with van der Waals surface area (Å²) in [7, 11) is -5.78. The Bertz CT molecular complexity index is 1930. The van der Waals surface area contributed by atoms with Gasteiger partial charge in [0.15, 0.2) is 0 Å². The van der Waals surface area contributed by atoms with Crippen LogP contribution in [-0.4, -0.2) is 49.4 Å². The second-order valence-electron chi connectivity index (χ2n) is 13.1. The number of carbonyl (C=O) groups is 3. The highest BCUT2D eigenvalue weighted by atomic mass is 32.1. The monoisotopic (exact) mass is 681 g/mol. The maximum atomic E-state index is 14.5. The molecule has 3 aromatic carbocycles. The van der Waals surface area contributed by atoms with Crippen LogP contribution in [0.5, 0.6) is 0 Å². The van der Waals surface area contributed by atoms with Gasteiger partial charge in [-0.2, -0.15) is 8.78 Å². The molecule has 2 aliphatic heterocycles. The van der Waals surface area contributed by atoms with Crippen LogP contribution in [0, 0.1) is 5.41 Å². The van der Waals surface area contributed by atoms with E-state index in [9.17, 15) is 27.7 Å². The van der Waals surface area contributed by atoms with Gasteiger partial charge in [-0.3, -0.25) is 18.9 Å². The molecule has 2 aliphatic rings. The van der Waals surface area contributed by atoms with E-state index in [1.165, 1.54) is 12.1 Å². The van der Waals surface area contributed by atoms with Gasteiger partial charge in [-0.1, -0.05) is 75.4 Å². The summed E-state index contributed by atoms with van der Waals surface area (Å²) in [5, 5.41) is 3.05. The van der Waals surface area contributed by atoms with Gasteiger partial charge in [-0.15, -0.1) is 11.3 Å². The Labute approximate surface area is 274 Å². The molecule has 0 saturated carbocycles. The number of hydrogen-bond acceptors (Lipinski definition) is 5. The average Bonchev–Trinajstić information content (AvgIpc) is 3.65. The summed E-state index contributed by atoms with van der Waals surface area (Å²) in [4.78, 5) is 64.0. The van der Waals surface area contributed by atoms with E-state index in [1.54, 1.807) is 9.80 Å². The Morgan fingerprint density at radius 2 is 1.47 bits per heavy atom. The van der Waals surface area contributed by atoms with E-state index < -0.39 is 48.1 Å². The Balaban J connectivity index is 1.28. The largest absolute Gasteiger partial charge is 0.399 e. The number of fused-ring (bicyclic) bond motifs is 3. The summed E-state index contributed by atoms with van der Waals surface area (Å²) in [6.45, 7) is 6.51. The first-order valence-corrected chi connectivity index (χ1v) is 17.5. The van der Waals surface area contributed by atoms with Crippen molar-refractivity contribution in [2.24, 2.45) is 5.41 Å².